The van der Waals surface area contributed by atoms with Crippen LogP contribution in [0, 0.1) is 11.8 Å². The zero-order valence-electron chi connectivity index (χ0n) is 35.3. The molecule has 334 valence electrons. The maximum absolute atomic E-state index is 14.7. The Morgan fingerprint density at radius 1 is 0.692 bits per heavy atom. The van der Waals surface area contributed by atoms with Gasteiger partial charge < -0.3 is 20.7 Å². The van der Waals surface area contributed by atoms with Crippen molar-refractivity contribution in [2.24, 2.45) is 11.8 Å². The lowest BCUT2D eigenvalue weighted by molar-refractivity contribution is -0.135. The fraction of sp³-hybridized carbons (Fsp3) is 0.240. The Morgan fingerprint density at radius 2 is 1.32 bits per heavy atom. The molecule has 0 saturated heterocycles. The highest BCUT2D eigenvalue weighted by Gasteiger charge is 2.33. The van der Waals surface area contributed by atoms with E-state index in [9.17, 15) is 36.9 Å². The molecule has 2 aliphatic heterocycles. The quantitative estimate of drug-likeness (QED) is 0.108. The van der Waals surface area contributed by atoms with Crippen LogP contribution in [0.3, 0.4) is 0 Å². The Bertz CT molecular complexity index is 2680. The third-order valence-electron chi connectivity index (χ3n) is 11.2. The first-order valence-corrected chi connectivity index (χ1v) is 23.6. The number of fused-ring (bicyclic) bond motifs is 16. The van der Waals surface area contributed by atoms with Crippen molar-refractivity contribution in [2.45, 2.75) is 50.6 Å². The fourth-order valence-electron chi connectivity index (χ4n) is 7.70. The van der Waals surface area contributed by atoms with Crippen molar-refractivity contribution in [3.63, 3.8) is 0 Å². The molecule has 0 radical (unpaired) electrons. The summed E-state index contributed by atoms with van der Waals surface area (Å²) in [5.41, 5.74) is 5.70. The second kappa shape index (κ2) is 21.7. The largest absolute Gasteiger partial charge is 0.486 e. The molecule has 4 atom stereocenters. The van der Waals surface area contributed by atoms with Crippen LogP contribution < -0.4 is 20.7 Å². The zero-order chi connectivity index (χ0) is 45.8. The van der Waals surface area contributed by atoms with E-state index in [1.54, 1.807) is 36.7 Å². The molecule has 0 fully saturated rings. The van der Waals surface area contributed by atoms with Crippen LogP contribution in [0.4, 0.5) is 0 Å². The van der Waals surface area contributed by atoms with Gasteiger partial charge in [-0.15, -0.1) is 11.3 Å². The Hall–Kier alpha value is -6.81. The smallest absolute Gasteiger partial charge is 0.283 e. The number of aromatic nitrogens is 1. The lowest BCUT2D eigenvalue weighted by Crippen LogP contribution is -2.54. The predicted molar refractivity (Wildman–Crippen MR) is 247 cm³/mol. The molecule has 0 unspecified atom stereocenters. The lowest BCUT2D eigenvalue weighted by Gasteiger charge is -2.26. The monoisotopic (exact) mass is 912 g/mol. The number of benzene rings is 4. The summed E-state index contributed by atoms with van der Waals surface area (Å²) in [5, 5.41) is 9.96. The third kappa shape index (κ3) is 13.6. The molecular weight excluding hydrogens is 865 g/mol. The maximum atomic E-state index is 14.7. The van der Waals surface area contributed by atoms with E-state index >= 15 is 0 Å². The minimum atomic E-state index is -4.60. The van der Waals surface area contributed by atoms with Crippen LogP contribution in [0.5, 0.6) is 5.75 Å². The average molecular weight is 913 g/mol. The van der Waals surface area contributed by atoms with Crippen molar-refractivity contribution < 1.29 is 41.7 Å². The topological polar surface area (TPSA) is 198 Å². The van der Waals surface area contributed by atoms with E-state index in [2.05, 4.69) is 20.9 Å². The van der Waals surface area contributed by atoms with E-state index in [-0.39, 0.29) is 44.5 Å². The number of ether oxygens (including phenoxy) is 1. The first-order chi connectivity index (χ1) is 31.3. The summed E-state index contributed by atoms with van der Waals surface area (Å²) in [6.45, 7) is -0.328. The molecule has 8 rings (SSSR count). The molecule has 0 spiro atoms. The van der Waals surface area contributed by atoms with E-state index in [1.165, 1.54) is 11.3 Å². The number of thiophene rings is 1. The summed E-state index contributed by atoms with van der Waals surface area (Å²) in [5.74, 6) is -5.58. The highest BCUT2D eigenvalue weighted by atomic mass is 32.2. The van der Waals surface area contributed by atoms with Crippen molar-refractivity contribution in [1.82, 2.24) is 20.9 Å². The predicted octanol–water partition coefficient (Wildman–Crippen LogP) is 6.22. The highest BCUT2D eigenvalue weighted by Crippen LogP contribution is 2.25. The molecule has 4 N–H and O–H groups in total. The SMILES string of the molecule is O=C1COc2ccc(cc2)C[C@@H](C(=O)NCS(=O)(=O)O)CC(=O)[C@H](Cc2ccc(-c3cccnc3)cc2)NC(=O)[C@@H](Cc2ccc(-c3ccccc3)cc2)NC(=O)[C@H](Cc2cccs2)C1. The second-order valence-electron chi connectivity index (χ2n) is 16.0. The number of Topliss-reactive ketones (excluding diaryl/α,β-unsaturated/α-hetero) is 2. The Kier molecular flexibility index (Phi) is 15.4. The van der Waals surface area contributed by atoms with Crippen molar-refractivity contribution in [3.05, 3.63) is 167 Å². The van der Waals surface area contributed by atoms with E-state index in [0.29, 0.717) is 16.9 Å². The van der Waals surface area contributed by atoms with E-state index in [1.807, 2.05) is 109 Å². The Balaban J connectivity index is 1.24. The van der Waals surface area contributed by atoms with Crippen molar-refractivity contribution in [3.8, 4) is 28.0 Å². The third-order valence-corrected chi connectivity index (χ3v) is 12.6. The number of ketones is 2. The molecule has 2 aromatic heterocycles. The van der Waals surface area contributed by atoms with Crippen LogP contribution in [0.1, 0.15) is 34.4 Å². The number of hydrogen-bond donors (Lipinski definition) is 4. The lowest BCUT2D eigenvalue weighted by atomic mass is 9.89. The van der Waals surface area contributed by atoms with Gasteiger partial charge >= 0.3 is 0 Å². The number of nitrogens with one attached hydrogen (secondary N) is 3. The van der Waals surface area contributed by atoms with Crippen molar-refractivity contribution in [1.29, 1.82) is 0 Å². The van der Waals surface area contributed by atoms with Gasteiger partial charge in [0.15, 0.2) is 11.6 Å². The molecule has 2 aliphatic rings. The number of amides is 3. The molecule has 6 aromatic rings. The summed E-state index contributed by atoms with van der Waals surface area (Å²) in [7, 11) is -4.60. The normalized spacial score (nSPS) is 18.9. The van der Waals surface area contributed by atoms with E-state index in [0.717, 1.165) is 32.7 Å². The Morgan fingerprint density at radius 3 is 1.95 bits per heavy atom. The zero-order valence-corrected chi connectivity index (χ0v) is 36.9. The summed E-state index contributed by atoms with van der Waals surface area (Å²) in [6.07, 6.45) is 3.06. The molecule has 3 amide bonds. The molecule has 0 aliphatic carbocycles. The van der Waals surface area contributed by atoms with E-state index in [4.69, 9.17) is 4.74 Å². The molecule has 65 heavy (non-hydrogen) atoms. The van der Waals surface area contributed by atoms with Gasteiger partial charge in [-0.2, -0.15) is 8.42 Å². The van der Waals surface area contributed by atoms with Crippen LogP contribution in [0.15, 0.2) is 145 Å². The molecule has 15 heteroatoms. The van der Waals surface area contributed by atoms with Crippen LogP contribution in [-0.2, 0) is 59.8 Å². The Labute approximate surface area is 381 Å². The minimum Gasteiger partial charge on any atom is -0.486 e. The van der Waals surface area contributed by atoms with Crippen LogP contribution in [0.2, 0.25) is 0 Å². The van der Waals surface area contributed by atoms with Gasteiger partial charge in [-0.3, -0.25) is 33.5 Å². The van der Waals surface area contributed by atoms with Gasteiger partial charge in [-0.05, 0) is 87.9 Å². The van der Waals surface area contributed by atoms with Gasteiger partial charge in [0.2, 0.25) is 17.7 Å². The van der Waals surface area contributed by atoms with Gasteiger partial charge in [0.25, 0.3) is 10.1 Å². The average Bonchev–Trinajstić information content (AvgIpc) is 3.83. The van der Waals surface area contributed by atoms with Crippen LogP contribution in [-0.4, -0.2) is 71.8 Å². The summed E-state index contributed by atoms with van der Waals surface area (Å²) in [6, 6.07) is 36.3. The first-order valence-electron chi connectivity index (χ1n) is 21.1. The molecule has 4 aromatic carbocycles. The van der Waals surface area contributed by atoms with Gasteiger partial charge in [-0.1, -0.05) is 103 Å². The molecule has 0 saturated carbocycles. The molecule has 2 bridgehead atoms. The number of carbonyl (C=O) groups excluding carboxylic acids is 5. The minimum absolute atomic E-state index is 0.00519. The van der Waals surface area contributed by atoms with Crippen LogP contribution in [0.25, 0.3) is 22.3 Å². The maximum Gasteiger partial charge on any atom is 0.283 e. The number of hydrogen-bond acceptors (Lipinski definition) is 10. The van der Waals surface area contributed by atoms with Crippen molar-refractivity contribution >= 4 is 50.7 Å². The summed E-state index contributed by atoms with van der Waals surface area (Å²) < 4.78 is 38.5. The fourth-order valence-corrected chi connectivity index (χ4v) is 8.81. The van der Waals surface area contributed by atoms with Gasteiger partial charge in [-0.25, -0.2) is 0 Å². The highest BCUT2D eigenvalue weighted by molar-refractivity contribution is 7.85. The number of nitrogens with zero attached hydrogens (tertiary/aromatic N) is 1. The van der Waals surface area contributed by atoms with E-state index < -0.39 is 69.8 Å². The standard InChI is InChI=1S/C50H48N4O9S2/c55-42-27-41(28-44-9-5-23-64-44)49(58)54-46(26-35-10-16-37(17-11-35)36-6-2-1-3-7-36)50(59)53-45(25-34-12-18-38(19-13-34)39-8-4-22-51-30-39)47(56)29-40(48(57)52-32-65(60,61)62)24-33-14-20-43(21-15-33)63-31-42/h1-23,30,40-41,45-46H,24-29,31-32H2,(H,52,57)(H,53,59)(H,54,58)(H,60,61,62)/t40-,41+,45+,46-/m1/s1. The van der Waals surface area contributed by atoms with Gasteiger partial charge in [0.1, 0.15) is 24.3 Å². The van der Waals surface area contributed by atoms with Gasteiger partial charge in [0, 0.05) is 48.4 Å². The molecule has 13 nitrogen and oxygen atoms in total. The van der Waals surface area contributed by atoms with Crippen LogP contribution >= 0.6 is 11.3 Å². The van der Waals surface area contributed by atoms with Gasteiger partial charge in [0.05, 0.1) is 6.04 Å². The molecular formula is C50H48N4O9S2. The number of carbonyl (C=O) groups is 5. The number of rotatable bonds is 11. The summed E-state index contributed by atoms with van der Waals surface area (Å²) >= 11 is 1.45. The van der Waals surface area contributed by atoms with Crippen molar-refractivity contribution in [2.75, 3.05) is 12.5 Å². The number of pyridine rings is 1. The summed E-state index contributed by atoms with van der Waals surface area (Å²) in [4.78, 5) is 75.9. The second-order valence-corrected chi connectivity index (χ2v) is 18.5. The first kappa shape index (κ1) is 46.2. The molecule has 4 heterocycles.